The largest absolute Gasteiger partial charge is 0.479 e. The van der Waals surface area contributed by atoms with E-state index in [1.165, 1.54) is 0 Å². The van der Waals surface area contributed by atoms with Gasteiger partial charge in [0.15, 0.2) is 6.10 Å². The first-order chi connectivity index (χ1) is 7.91. The molecule has 0 saturated carbocycles. The monoisotopic (exact) mass is 241 g/mol. The molecular formula is C11H15NO5. The summed E-state index contributed by atoms with van der Waals surface area (Å²) in [5.41, 5.74) is 0.423. The van der Waals surface area contributed by atoms with Gasteiger partial charge in [-0.25, -0.2) is 4.79 Å². The number of furan rings is 1. The molecule has 0 radical (unpaired) electrons. The number of carboxylic acid groups (broad SMARTS) is 1. The van der Waals surface area contributed by atoms with Crippen molar-refractivity contribution in [1.82, 2.24) is 5.32 Å². The predicted molar refractivity (Wildman–Crippen MR) is 58.8 cm³/mol. The summed E-state index contributed by atoms with van der Waals surface area (Å²) < 4.78 is 5.20. The molecule has 1 aromatic rings. The normalized spacial score (nSPS) is 12.2. The first kappa shape index (κ1) is 13.2. The SMILES string of the molecule is Cc1cc(C(=O)NCC[C@H](O)C(=O)O)c(C)o1. The summed E-state index contributed by atoms with van der Waals surface area (Å²) in [6.07, 6.45) is -1.49. The highest BCUT2D eigenvalue weighted by molar-refractivity contribution is 5.95. The van der Waals surface area contributed by atoms with Gasteiger partial charge < -0.3 is 19.9 Å². The number of rotatable bonds is 5. The maximum Gasteiger partial charge on any atom is 0.332 e. The average molecular weight is 241 g/mol. The molecule has 0 aliphatic heterocycles. The van der Waals surface area contributed by atoms with Gasteiger partial charge in [-0.05, 0) is 19.9 Å². The highest BCUT2D eigenvalue weighted by Crippen LogP contribution is 2.13. The molecule has 0 saturated heterocycles. The number of aliphatic carboxylic acids is 1. The number of carbonyl (C=O) groups is 2. The third-order valence-corrected chi connectivity index (χ3v) is 2.27. The fourth-order valence-electron chi connectivity index (χ4n) is 1.40. The zero-order valence-corrected chi connectivity index (χ0v) is 9.69. The molecule has 0 bridgehead atoms. The fourth-order valence-corrected chi connectivity index (χ4v) is 1.40. The van der Waals surface area contributed by atoms with Gasteiger partial charge in [0.05, 0.1) is 5.56 Å². The van der Waals surface area contributed by atoms with Crippen LogP contribution in [0.3, 0.4) is 0 Å². The van der Waals surface area contributed by atoms with Crippen molar-refractivity contribution < 1.29 is 24.2 Å². The molecule has 0 aliphatic rings. The van der Waals surface area contributed by atoms with Crippen molar-refractivity contribution in [3.05, 3.63) is 23.2 Å². The number of aliphatic hydroxyl groups is 1. The summed E-state index contributed by atoms with van der Waals surface area (Å²) in [6, 6.07) is 1.61. The van der Waals surface area contributed by atoms with E-state index in [0.717, 1.165) is 0 Å². The first-order valence-electron chi connectivity index (χ1n) is 5.18. The van der Waals surface area contributed by atoms with Crippen molar-refractivity contribution in [2.75, 3.05) is 6.54 Å². The van der Waals surface area contributed by atoms with Crippen LogP contribution in [0.25, 0.3) is 0 Å². The van der Waals surface area contributed by atoms with Crippen LogP contribution in [-0.2, 0) is 4.79 Å². The zero-order chi connectivity index (χ0) is 13.0. The van der Waals surface area contributed by atoms with Crippen LogP contribution in [0.1, 0.15) is 28.3 Å². The van der Waals surface area contributed by atoms with Gasteiger partial charge in [-0.15, -0.1) is 0 Å². The Labute approximate surface area is 98.2 Å². The molecule has 0 spiro atoms. The number of carboxylic acids is 1. The number of hydrogen-bond acceptors (Lipinski definition) is 4. The Morgan fingerprint density at radius 1 is 1.47 bits per heavy atom. The average Bonchev–Trinajstić information content (AvgIpc) is 2.57. The van der Waals surface area contributed by atoms with E-state index in [1.807, 2.05) is 0 Å². The Morgan fingerprint density at radius 2 is 2.12 bits per heavy atom. The Bertz CT molecular complexity index is 423. The summed E-state index contributed by atoms with van der Waals surface area (Å²) in [4.78, 5) is 22.0. The van der Waals surface area contributed by atoms with Crippen molar-refractivity contribution in [2.45, 2.75) is 26.4 Å². The van der Waals surface area contributed by atoms with E-state index in [0.29, 0.717) is 17.1 Å². The van der Waals surface area contributed by atoms with Gasteiger partial charge >= 0.3 is 5.97 Å². The van der Waals surface area contributed by atoms with Crippen molar-refractivity contribution >= 4 is 11.9 Å². The second-order valence-electron chi connectivity index (χ2n) is 3.73. The van der Waals surface area contributed by atoms with E-state index in [2.05, 4.69) is 5.32 Å². The first-order valence-corrected chi connectivity index (χ1v) is 5.18. The third-order valence-electron chi connectivity index (χ3n) is 2.27. The molecule has 1 amide bonds. The van der Waals surface area contributed by atoms with Crippen LogP contribution >= 0.6 is 0 Å². The molecule has 0 aliphatic carbocycles. The minimum atomic E-state index is -1.46. The summed E-state index contributed by atoms with van der Waals surface area (Å²) in [5, 5.41) is 19.9. The van der Waals surface area contributed by atoms with Crippen LogP contribution in [0.15, 0.2) is 10.5 Å². The Morgan fingerprint density at radius 3 is 2.59 bits per heavy atom. The van der Waals surface area contributed by atoms with Gasteiger partial charge in [0, 0.05) is 13.0 Å². The van der Waals surface area contributed by atoms with E-state index < -0.39 is 12.1 Å². The molecular weight excluding hydrogens is 226 g/mol. The van der Waals surface area contributed by atoms with Crippen LogP contribution in [0, 0.1) is 13.8 Å². The van der Waals surface area contributed by atoms with E-state index in [-0.39, 0.29) is 18.9 Å². The third kappa shape index (κ3) is 3.60. The van der Waals surface area contributed by atoms with Gasteiger partial charge in [-0.2, -0.15) is 0 Å². The Balaban J connectivity index is 2.45. The molecule has 6 heteroatoms. The van der Waals surface area contributed by atoms with E-state index in [1.54, 1.807) is 19.9 Å². The summed E-state index contributed by atoms with van der Waals surface area (Å²) in [6.45, 7) is 3.50. The lowest BCUT2D eigenvalue weighted by Crippen LogP contribution is -2.30. The minimum absolute atomic E-state index is 0.0308. The van der Waals surface area contributed by atoms with E-state index in [4.69, 9.17) is 14.6 Å². The van der Waals surface area contributed by atoms with Crippen LogP contribution in [0.4, 0.5) is 0 Å². The van der Waals surface area contributed by atoms with Crippen LogP contribution in [-0.4, -0.2) is 34.7 Å². The molecule has 1 atom stereocenters. The van der Waals surface area contributed by atoms with Gasteiger partial charge in [0.25, 0.3) is 5.91 Å². The Hall–Kier alpha value is -1.82. The smallest absolute Gasteiger partial charge is 0.332 e. The molecule has 17 heavy (non-hydrogen) atoms. The molecule has 0 fully saturated rings. The number of hydrogen-bond donors (Lipinski definition) is 3. The number of nitrogens with one attached hydrogen (secondary N) is 1. The molecule has 1 rings (SSSR count). The molecule has 1 heterocycles. The Kier molecular flexibility index (Phi) is 4.28. The lowest BCUT2D eigenvalue weighted by molar-refractivity contribution is -0.146. The van der Waals surface area contributed by atoms with Crippen LogP contribution < -0.4 is 5.32 Å². The molecule has 94 valence electrons. The minimum Gasteiger partial charge on any atom is -0.479 e. The summed E-state index contributed by atoms with van der Waals surface area (Å²) >= 11 is 0. The summed E-state index contributed by atoms with van der Waals surface area (Å²) in [5.74, 6) is -0.483. The van der Waals surface area contributed by atoms with Crippen LogP contribution in [0.2, 0.25) is 0 Å². The molecule has 3 N–H and O–H groups in total. The second kappa shape index (κ2) is 5.49. The number of amides is 1. The fraction of sp³-hybridized carbons (Fsp3) is 0.455. The topological polar surface area (TPSA) is 99.8 Å². The highest BCUT2D eigenvalue weighted by atomic mass is 16.4. The maximum absolute atomic E-state index is 11.6. The quantitative estimate of drug-likeness (QED) is 0.695. The van der Waals surface area contributed by atoms with Gasteiger partial charge in [-0.3, -0.25) is 4.79 Å². The van der Waals surface area contributed by atoms with Gasteiger partial charge in [0.2, 0.25) is 0 Å². The van der Waals surface area contributed by atoms with Crippen molar-refractivity contribution in [3.8, 4) is 0 Å². The lowest BCUT2D eigenvalue weighted by atomic mass is 10.2. The standard InChI is InChI=1S/C11H15NO5/c1-6-5-8(7(2)17-6)10(14)12-4-3-9(13)11(15)16/h5,9,13H,3-4H2,1-2H3,(H,12,14)(H,15,16)/t9-/m0/s1. The molecule has 1 aromatic heterocycles. The van der Waals surface area contributed by atoms with Gasteiger partial charge in [-0.1, -0.05) is 0 Å². The van der Waals surface area contributed by atoms with Crippen molar-refractivity contribution in [1.29, 1.82) is 0 Å². The number of aryl methyl sites for hydroxylation is 2. The highest BCUT2D eigenvalue weighted by Gasteiger charge is 2.15. The predicted octanol–water partition coefficient (Wildman–Crippen LogP) is 0.462. The summed E-state index contributed by atoms with van der Waals surface area (Å²) in [7, 11) is 0. The van der Waals surface area contributed by atoms with Crippen molar-refractivity contribution in [3.63, 3.8) is 0 Å². The molecule has 6 nitrogen and oxygen atoms in total. The zero-order valence-electron chi connectivity index (χ0n) is 9.69. The lowest BCUT2D eigenvalue weighted by Gasteiger charge is -2.06. The maximum atomic E-state index is 11.6. The molecule has 0 aromatic carbocycles. The number of aliphatic hydroxyl groups excluding tert-OH is 1. The number of carbonyl (C=O) groups excluding carboxylic acids is 1. The van der Waals surface area contributed by atoms with E-state index >= 15 is 0 Å². The van der Waals surface area contributed by atoms with Crippen LogP contribution in [0.5, 0.6) is 0 Å². The van der Waals surface area contributed by atoms with Crippen molar-refractivity contribution in [2.24, 2.45) is 0 Å². The van der Waals surface area contributed by atoms with Gasteiger partial charge in [0.1, 0.15) is 11.5 Å². The molecule has 0 unspecified atom stereocenters. The second-order valence-corrected chi connectivity index (χ2v) is 3.73. The van der Waals surface area contributed by atoms with E-state index in [9.17, 15) is 9.59 Å².